The van der Waals surface area contributed by atoms with Gasteiger partial charge in [-0.05, 0) is 57.2 Å². The van der Waals surface area contributed by atoms with Crippen LogP contribution in [0, 0.1) is 0 Å². The van der Waals surface area contributed by atoms with Gasteiger partial charge in [-0.3, -0.25) is 10.3 Å². The molecule has 154 valence electrons. The monoisotopic (exact) mass is 408 g/mol. The van der Waals surface area contributed by atoms with Gasteiger partial charge >= 0.3 is 12.1 Å². The van der Waals surface area contributed by atoms with Crippen molar-refractivity contribution in [2.24, 2.45) is 0 Å². The molecule has 0 saturated carbocycles. The SMILES string of the molecule is CC(C)(C)OC(=O)Nc1ccc(Oc2nc(-c3cccnc3)ncc2C(=O)O)cc1. The number of ether oxygens (including phenoxy) is 2. The molecule has 1 aromatic carbocycles. The summed E-state index contributed by atoms with van der Waals surface area (Å²) in [7, 11) is 0. The summed E-state index contributed by atoms with van der Waals surface area (Å²) in [5.74, 6) is -0.704. The molecule has 2 heterocycles. The van der Waals surface area contributed by atoms with Gasteiger partial charge in [0.25, 0.3) is 0 Å². The molecule has 2 N–H and O–H groups in total. The summed E-state index contributed by atoms with van der Waals surface area (Å²) >= 11 is 0. The first kappa shape index (κ1) is 20.7. The van der Waals surface area contributed by atoms with Gasteiger partial charge in [0.2, 0.25) is 5.88 Å². The van der Waals surface area contributed by atoms with Crippen molar-refractivity contribution >= 4 is 17.7 Å². The van der Waals surface area contributed by atoms with E-state index < -0.39 is 17.7 Å². The minimum Gasteiger partial charge on any atom is -0.477 e. The van der Waals surface area contributed by atoms with Crippen LogP contribution in [-0.2, 0) is 4.74 Å². The molecule has 0 bridgehead atoms. The van der Waals surface area contributed by atoms with E-state index in [4.69, 9.17) is 9.47 Å². The molecular weight excluding hydrogens is 388 g/mol. The lowest BCUT2D eigenvalue weighted by Crippen LogP contribution is -2.27. The van der Waals surface area contributed by atoms with Crippen molar-refractivity contribution in [3.8, 4) is 23.0 Å². The van der Waals surface area contributed by atoms with Crippen molar-refractivity contribution in [2.75, 3.05) is 5.32 Å². The highest BCUT2D eigenvalue weighted by Crippen LogP contribution is 2.27. The molecular formula is C21H20N4O5. The molecule has 30 heavy (non-hydrogen) atoms. The number of amides is 1. The summed E-state index contributed by atoms with van der Waals surface area (Å²) in [4.78, 5) is 35.7. The van der Waals surface area contributed by atoms with Gasteiger partial charge in [-0.1, -0.05) is 0 Å². The second-order valence-electron chi connectivity index (χ2n) is 7.21. The summed E-state index contributed by atoms with van der Waals surface area (Å²) in [6.07, 6.45) is 3.78. The van der Waals surface area contributed by atoms with Crippen LogP contribution in [0.4, 0.5) is 10.5 Å². The van der Waals surface area contributed by atoms with E-state index in [1.54, 1.807) is 69.6 Å². The molecule has 0 aliphatic rings. The van der Waals surface area contributed by atoms with Gasteiger partial charge in [0.15, 0.2) is 5.82 Å². The zero-order chi connectivity index (χ0) is 21.7. The molecule has 0 aliphatic carbocycles. The van der Waals surface area contributed by atoms with E-state index in [-0.39, 0.29) is 17.3 Å². The van der Waals surface area contributed by atoms with E-state index in [1.807, 2.05) is 0 Å². The number of nitrogens with zero attached hydrogens (tertiary/aromatic N) is 3. The smallest absolute Gasteiger partial charge is 0.412 e. The first-order valence-corrected chi connectivity index (χ1v) is 9.00. The Kier molecular flexibility index (Phi) is 5.91. The third kappa shape index (κ3) is 5.51. The molecule has 0 unspecified atom stereocenters. The number of carboxylic acid groups (broad SMARTS) is 1. The summed E-state index contributed by atoms with van der Waals surface area (Å²) in [5.41, 5.74) is 0.322. The topological polar surface area (TPSA) is 124 Å². The fourth-order valence-corrected chi connectivity index (χ4v) is 2.36. The number of hydrogen-bond donors (Lipinski definition) is 2. The highest BCUT2D eigenvalue weighted by molar-refractivity contribution is 5.90. The molecule has 2 aromatic heterocycles. The minimum absolute atomic E-state index is 0.107. The van der Waals surface area contributed by atoms with E-state index in [2.05, 4.69) is 20.3 Å². The van der Waals surface area contributed by atoms with E-state index in [0.717, 1.165) is 0 Å². The van der Waals surface area contributed by atoms with E-state index in [1.165, 1.54) is 6.20 Å². The number of benzene rings is 1. The summed E-state index contributed by atoms with van der Waals surface area (Å²) in [6.45, 7) is 5.31. The van der Waals surface area contributed by atoms with Crippen LogP contribution in [0.3, 0.4) is 0 Å². The molecule has 3 rings (SSSR count). The maximum Gasteiger partial charge on any atom is 0.412 e. The van der Waals surface area contributed by atoms with Crippen molar-refractivity contribution in [3.63, 3.8) is 0 Å². The molecule has 9 nitrogen and oxygen atoms in total. The van der Waals surface area contributed by atoms with Crippen LogP contribution in [0.15, 0.2) is 55.0 Å². The van der Waals surface area contributed by atoms with Gasteiger partial charge in [0.1, 0.15) is 16.9 Å². The molecule has 0 atom stereocenters. The van der Waals surface area contributed by atoms with Crippen molar-refractivity contribution in [1.82, 2.24) is 15.0 Å². The Morgan fingerprint density at radius 2 is 1.80 bits per heavy atom. The number of rotatable bonds is 5. The van der Waals surface area contributed by atoms with Crippen molar-refractivity contribution < 1.29 is 24.2 Å². The molecule has 0 spiro atoms. The predicted molar refractivity (Wildman–Crippen MR) is 109 cm³/mol. The van der Waals surface area contributed by atoms with Gasteiger partial charge in [-0.2, -0.15) is 4.98 Å². The lowest BCUT2D eigenvalue weighted by atomic mass is 10.2. The number of aromatic nitrogens is 3. The van der Waals surface area contributed by atoms with Gasteiger partial charge in [0, 0.05) is 29.8 Å². The first-order chi connectivity index (χ1) is 14.2. The summed E-state index contributed by atoms with van der Waals surface area (Å²) in [6, 6.07) is 9.82. The zero-order valence-electron chi connectivity index (χ0n) is 16.6. The average molecular weight is 408 g/mol. The number of aromatic carboxylic acids is 1. The first-order valence-electron chi connectivity index (χ1n) is 9.00. The Morgan fingerprint density at radius 3 is 2.40 bits per heavy atom. The molecule has 9 heteroatoms. The van der Waals surface area contributed by atoms with E-state index >= 15 is 0 Å². The highest BCUT2D eigenvalue weighted by Gasteiger charge is 2.18. The molecule has 1 amide bonds. The third-order valence-corrected chi connectivity index (χ3v) is 3.62. The van der Waals surface area contributed by atoms with Gasteiger partial charge in [-0.15, -0.1) is 0 Å². The van der Waals surface area contributed by atoms with Crippen LogP contribution in [0.5, 0.6) is 11.6 Å². The number of anilines is 1. The van der Waals surface area contributed by atoms with Crippen LogP contribution in [0.25, 0.3) is 11.4 Å². The Balaban J connectivity index is 1.79. The Bertz CT molecular complexity index is 1050. The lowest BCUT2D eigenvalue weighted by molar-refractivity contribution is 0.0633. The fourth-order valence-electron chi connectivity index (χ4n) is 2.36. The third-order valence-electron chi connectivity index (χ3n) is 3.62. The number of hydrogen-bond acceptors (Lipinski definition) is 7. The molecule has 0 aliphatic heterocycles. The maximum atomic E-state index is 11.8. The normalized spacial score (nSPS) is 10.9. The summed E-state index contributed by atoms with van der Waals surface area (Å²) < 4.78 is 10.9. The molecule has 0 saturated heterocycles. The van der Waals surface area contributed by atoms with Crippen molar-refractivity contribution in [1.29, 1.82) is 0 Å². The van der Waals surface area contributed by atoms with Gasteiger partial charge in [0.05, 0.1) is 0 Å². The number of nitrogens with one attached hydrogen (secondary N) is 1. The Morgan fingerprint density at radius 1 is 1.07 bits per heavy atom. The van der Waals surface area contributed by atoms with Crippen LogP contribution in [0.2, 0.25) is 0 Å². The van der Waals surface area contributed by atoms with Crippen molar-refractivity contribution in [3.05, 3.63) is 60.6 Å². The fraction of sp³-hybridized carbons (Fsp3) is 0.190. The quantitative estimate of drug-likeness (QED) is 0.638. The van der Waals surface area contributed by atoms with Crippen LogP contribution in [0.1, 0.15) is 31.1 Å². The lowest BCUT2D eigenvalue weighted by Gasteiger charge is -2.19. The van der Waals surface area contributed by atoms with Crippen LogP contribution < -0.4 is 10.1 Å². The number of carbonyl (C=O) groups is 2. The van der Waals surface area contributed by atoms with Crippen LogP contribution in [-0.4, -0.2) is 37.7 Å². The highest BCUT2D eigenvalue weighted by atomic mass is 16.6. The number of carboxylic acids is 1. The van der Waals surface area contributed by atoms with E-state index in [9.17, 15) is 14.7 Å². The van der Waals surface area contributed by atoms with Crippen molar-refractivity contribution in [2.45, 2.75) is 26.4 Å². The largest absolute Gasteiger partial charge is 0.477 e. The van der Waals surface area contributed by atoms with E-state index in [0.29, 0.717) is 17.0 Å². The number of pyridine rings is 1. The second-order valence-corrected chi connectivity index (χ2v) is 7.21. The Hall–Kier alpha value is -4.01. The summed E-state index contributed by atoms with van der Waals surface area (Å²) in [5, 5.41) is 12.0. The Labute approximate surface area is 172 Å². The second kappa shape index (κ2) is 8.56. The predicted octanol–water partition coefficient (Wildman–Crippen LogP) is 4.38. The zero-order valence-corrected chi connectivity index (χ0v) is 16.6. The average Bonchev–Trinajstić information content (AvgIpc) is 2.68. The molecule has 0 radical (unpaired) electrons. The van der Waals surface area contributed by atoms with Gasteiger partial charge in [-0.25, -0.2) is 14.6 Å². The standard InChI is InChI=1S/C21H20N4O5/c1-21(2,3)30-20(28)24-14-6-8-15(9-7-14)29-18-16(19(26)27)12-23-17(25-18)13-5-4-10-22-11-13/h4-12H,1-3H3,(H,24,28)(H,26,27). The molecule has 3 aromatic rings. The minimum atomic E-state index is -1.22. The molecule has 0 fully saturated rings. The van der Waals surface area contributed by atoms with Gasteiger partial charge < -0.3 is 14.6 Å². The number of carbonyl (C=O) groups excluding carboxylic acids is 1. The maximum absolute atomic E-state index is 11.8. The van der Waals surface area contributed by atoms with Crippen LogP contribution >= 0.6 is 0 Å².